The molecule has 0 aromatic carbocycles. The number of aromatic nitrogens is 2. The number of hydrogen-bond acceptors (Lipinski definition) is 4. The molecule has 0 aliphatic heterocycles. The summed E-state index contributed by atoms with van der Waals surface area (Å²) >= 11 is 5.99. The third kappa shape index (κ3) is 4.40. The van der Waals surface area contributed by atoms with Crippen molar-refractivity contribution in [1.29, 1.82) is 0 Å². The third-order valence-corrected chi connectivity index (χ3v) is 2.91. The standard InChI is InChI=1S/C12H20ClN3O2/c1-9(14)4-3-5-11(17)12-10(13)8-15-16(12)6-7-18-2/h8-9H,3-7,14H2,1-2H3. The second-order valence-electron chi connectivity index (χ2n) is 4.35. The highest BCUT2D eigenvalue weighted by Crippen LogP contribution is 2.18. The lowest BCUT2D eigenvalue weighted by Gasteiger charge is -2.07. The fourth-order valence-corrected chi connectivity index (χ4v) is 1.94. The number of carbonyl (C=O) groups is 1. The lowest BCUT2D eigenvalue weighted by molar-refractivity contribution is 0.0965. The maximum Gasteiger partial charge on any atom is 0.182 e. The Bertz CT molecular complexity index is 391. The van der Waals surface area contributed by atoms with Crippen molar-refractivity contribution in [2.75, 3.05) is 13.7 Å². The van der Waals surface area contributed by atoms with Crippen LogP contribution in [0.2, 0.25) is 5.02 Å². The summed E-state index contributed by atoms with van der Waals surface area (Å²) in [4.78, 5) is 12.1. The summed E-state index contributed by atoms with van der Waals surface area (Å²) in [6.07, 6.45) is 3.54. The van der Waals surface area contributed by atoms with Crippen LogP contribution in [-0.2, 0) is 11.3 Å². The van der Waals surface area contributed by atoms with Crippen molar-refractivity contribution in [3.63, 3.8) is 0 Å². The lowest BCUT2D eigenvalue weighted by Crippen LogP contribution is -2.16. The fraction of sp³-hybridized carbons (Fsp3) is 0.667. The summed E-state index contributed by atoms with van der Waals surface area (Å²) in [6.45, 7) is 2.95. The number of hydrogen-bond donors (Lipinski definition) is 1. The summed E-state index contributed by atoms with van der Waals surface area (Å²) in [6, 6.07) is 0.117. The number of nitrogens with zero attached hydrogens (tertiary/aromatic N) is 2. The molecule has 0 saturated heterocycles. The molecule has 0 radical (unpaired) electrons. The maximum absolute atomic E-state index is 12.1. The van der Waals surface area contributed by atoms with Crippen molar-refractivity contribution in [1.82, 2.24) is 9.78 Å². The van der Waals surface area contributed by atoms with Gasteiger partial charge in [-0.25, -0.2) is 0 Å². The minimum Gasteiger partial charge on any atom is -0.383 e. The molecule has 1 aromatic heterocycles. The Kier molecular flexibility index (Phi) is 6.32. The Hall–Kier alpha value is -0.910. The molecule has 0 bridgehead atoms. The monoisotopic (exact) mass is 273 g/mol. The van der Waals surface area contributed by atoms with Gasteiger partial charge in [0.2, 0.25) is 0 Å². The Balaban J connectivity index is 2.63. The second kappa shape index (κ2) is 7.51. The highest BCUT2D eigenvalue weighted by atomic mass is 35.5. The van der Waals surface area contributed by atoms with E-state index in [0.717, 1.165) is 12.8 Å². The number of methoxy groups -OCH3 is 1. The van der Waals surface area contributed by atoms with E-state index in [4.69, 9.17) is 22.1 Å². The number of ketones is 1. The largest absolute Gasteiger partial charge is 0.383 e. The molecule has 2 N–H and O–H groups in total. The van der Waals surface area contributed by atoms with E-state index in [0.29, 0.717) is 30.3 Å². The first-order chi connectivity index (χ1) is 8.56. The molecule has 0 aliphatic rings. The molecule has 0 saturated carbocycles. The first-order valence-electron chi connectivity index (χ1n) is 6.05. The van der Waals surface area contributed by atoms with Gasteiger partial charge in [0.15, 0.2) is 5.78 Å². The van der Waals surface area contributed by atoms with Crippen molar-refractivity contribution in [3.8, 4) is 0 Å². The normalized spacial score (nSPS) is 12.7. The fourth-order valence-electron chi connectivity index (χ4n) is 1.69. The molecule has 1 unspecified atom stereocenters. The van der Waals surface area contributed by atoms with Gasteiger partial charge in [-0.3, -0.25) is 9.48 Å². The molecular weight excluding hydrogens is 254 g/mol. The van der Waals surface area contributed by atoms with Crippen molar-refractivity contribution in [2.24, 2.45) is 5.73 Å². The number of Topliss-reactive ketones (excluding diaryl/α,β-unsaturated/α-hetero) is 1. The van der Waals surface area contributed by atoms with Crippen molar-refractivity contribution in [2.45, 2.75) is 38.8 Å². The van der Waals surface area contributed by atoms with Gasteiger partial charge < -0.3 is 10.5 Å². The molecule has 0 spiro atoms. The summed E-state index contributed by atoms with van der Waals surface area (Å²) in [5, 5.41) is 4.48. The quantitative estimate of drug-likeness (QED) is 0.734. The molecule has 0 fully saturated rings. The highest BCUT2D eigenvalue weighted by molar-refractivity contribution is 6.33. The van der Waals surface area contributed by atoms with E-state index in [2.05, 4.69) is 5.10 Å². The zero-order chi connectivity index (χ0) is 13.5. The van der Waals surface area contributed by atoms with E-state index in [-0.39, 0.29) is 11.8 Å². The van der Waals surface area contributed by atoms with Crippen molar-refractivity contribution >= 4 is 17.4 Å². The van der Waals surface area contributed by atoms with E-state index in [1.165, 1.54) is 6.20 Å². The van der Waals surface area contributed by atoms with Crippen molar-refractivity contribution < 1.29 is 9.53 Å². The molecule has 1 aromatic rings. The molecule has 5 nitrogen and oxygen atoms in total. The third-order valence-electron chi connectivity index (χ3n) is 2.63. The van der Waals surface area contributed by atoms with Crippen molar-refractivity contribution in [3.05, 3.63) is 16.9 Å². The average molecular weight is 274 g/mol. The summed E-state index contributed by atoms with van der Waals surface area (Å²) in [7, 11) is 1.61. The number of carbonyl (C=O) groups excluding carboxylic acids is 1. The summed E-state index contributed by atoms with van der Waals surface area (Å²) in [5.74, 6) is 0.00857. The highest BCUT2D eigenvalue weighted by Gasteiger charge is 2.17. The van der Waals surface area contributed by atoms with Crippen LogP contribution in [0.15, 0.2) is 6.20 Å². The van der Waals surface area contributed by atoms with Gasteiger partial charge in [-0.1, -0.05) is 11.6 Å². The Labute approximate surface area is 112 Å². The van der Waals surface area contributed by atoms with Gasteiger partial charge >= 0.3 is 0 Å². The van der Waals surface area contributed by atoms with Crippen LogP contribution in [0.3, 0.4) is 0 Å². The topological polar surface area (TPSA) is 70.1 Å². The van der Waals surface area contributed by atoms with Gasteiger partial charge in [0, 0.05) is 19.6 Å². The zero-order valence-corrected chi connectivity index (χ0v) is 11.6. The first kappa shape index (κ1) is 15.1. The lowest BCUT2D eigenvalue weighted by atomic mass is 10.1. The molecule has 102 valence electrons. The van der Waals surface area contributed by atoms with Gasteiger partial charge in [0.1, 0.15) is 5.69 Å². The zero-order valence-electron chi connectivity index (χ0n) is 10.9. The molecule has 1 atom stereocenters. The number of nitrogens with two attached hydrogens (primary N) is 1. The number of ether oxygens (including phenoxy) is 1. The SMILES string of the molecule is COCCn1ncc(Cl)c1C(=O)CCCC(C)N. The molecule has 0 aliphatic carbocycles. The van der Waals surface area contributed by atoms with Crippen LogP contribution >= 0.6 is 11.6 Å². The van der Waals surface area contributed by atoms with Crippen LogP contribution in [0, 0.1) is 0 Å². The molecule has 1 rings (SSSR count). The second-order valence-corrected chi connectivity index (χ2v) is 4.76. The average Bonchev–Trinajstić information content (AvgIpc) is 2.67. The van der Waals surface area contributed by atoms with Crippen LogP contribution in [-0.4, -0.2) is 35.3 Å². The molecule has 1 heterocycles. The Morgan fingerprint density at radius 1 is 1.67 bits per heavy atom. The molecular formula is C12H20ClN3O2. The first-order valence-corrected chi connectivity index (χ1v) is 6.43. The van der Waals surface area contributed by atoms with Crippen LogP contribution in [0.4, 0.5) is 0 Å². The number of rotatable bonds is 8. The van der Waals surface area contributed by atoms with Gasteiger partial charge in [0.25, 0.3) is 0 Å². The molecule has 6 heteroatoms. The summed E-state index contributed by atoms with van der Waals surface area (Å²) in [5.41, 5.74) is 6.12. The van der Waals surface area contributed by atoms with Gasteiger partial charge in [0.05, 0.1) is 24.4 Å². The van der Waals surface area contributed by atoms with E-state index >= 15 is 0 Å². The van der Waals surface area contributed by atoms with Crippen LogP contribution in [0.5, 0.6) is 0 Å². The Morgan fingerprint density at radius 3 is 3.00 bits per heavy atom. The summed E-state index contributed by atoms with van der Waals surface area (Å²) < 4.78 is 6.57. The molecule has 0 amide bonds. The van der Waals surface area contributed by atoms with Gasteiger partial charge in [-0.2, -0.15) is 5.10 Å². The predicted molar refractivity (Wildman–Crippen MR) is 70.9 cm³/mol. The Morgan fingerprint density at radius 2 is 2.39 bits per heavy atom. The smallest absolute Gasteiger partial charge is 0.182 e. The van der Waals surface area contributed by atoms with Crippen LogP contribution in [0.25, 0.3) is 0 Å². The molecule has 18 heavy (non-hydrogen) atoms. The van der Waals surface area contributed by atoms with Crippen LogP contribution < -0.4 is 5.73 Å². The van der Waals surface area contributed by atoms with E-state index in [1.807, 2.05) is 6.92 Å². The minimum absolute atomic E-state index is 0.00857. The van der Waals surface area contributed by atoms with Crippen LogP contribution in [0.1, 0.15) is 36.7 Å². The van der Waals surface area contributed by atoms with Gasteiger partial charge in [-0.05, 0) is 19.8 Å². The van der Waals surface area contributed by atoms with E-state index in [1.54, 1.807) is 11.8 Å². The number of halogens is 1. The van der Waals surface area contributed by atoms with Gasteiger partial charge in [-0.15, -0.1) is 0 Å². The maximum atomic E-state index is 12.1. The van der Waals surface area contributed by atoms with E-state index in [9.17, 15) is 4.79 Å². The van der Waals surface area contributed by atoms with E-state index < -0.39 is 0 Å². The minimum atomic E-state index is 0.00857. The predicted octanol–water partition coefficient (Wildman–Crippen LogP) is 1.88.